The Morgan fingerprint density at radius 2 is 1.95 bits per heavy atom. The van der Waals surface area contributed by atoms with Crippen LogP contribution < -0.4 is 5.32 Å². The van der Waals surface area contributed by atoms with Crippen LogP contribution >= 0.6 is 11.6 Å². The first-order chi connectivity index (χ1) is 9.70. The van der Waals surface area contributed by atoms with Gasteiger partial charge in [-0.25, -0.2) is 0 Å². The minimum atomic E-state index is 0.729. The van der Waals surface area contributed by atoms with Crippen LogP contribution in [0, 0.1) is 6.92 Å². The molecular formula is C16H20ClN3. The zero-order valence-corrected chi connectivity index (χ0v) is 12.5. The van der Waals surface area contributed by atoms with E-state index in [-0.39, 0.29) is 0 Å². The SMILES string of the molecule is Cc1nn(Cc2ccc(CCNC3CC3)cc2)cc1Cl. The van der Waals surface area contributed by atoms with Crippen molar-refractivity contribution in [3.05, 3.63) is 52.3 Å². The molecule has 1 fully saturated rings. The molecular weight excluding hydrogens is 270 g/mol. The lowest BCUT2D eigenvalue weighted by Gasteiger charge is -2.05. The zero-order chi connectivity index (χ0) is 13.9. The molecule has 1 saturated carbocycles. The van der Waals surface area contributed by atoms with Crippen molar-refractivity contribution >= 4 is 11.6 Å². The van der Waals surface area contributed by atoms with Gasteiger partial charge in [0.25, 0.3) is 0 Å². The first-order valence-electron chi connectivity index (χ1n) is 7.21. The second-order valence-electron chi connectivity index (χ2n) is 5.55. The predicted molar refractivity (Wildman–Crippen MR) is 82.2 cm³/mol. The second-order valence-corrected chi connectivity index (χ2v) is 5.96. The molecule has 3 rings (SSSR count). The predicted octanol–water partition coefficient (Wildman–Crippen LogP) is 3.19. The lowest BCUT2D eigenvalue weighted by atomic mass is 10.1. The van der Waals surface area contributed by atoms with Crippen LogP contribution in [0.2, 0.25) is 5.02 Å². The van der Waals surface area contributed by atoms with E-state index in [1.807, 2.05) is 17.8 Å². The summed E-state index contributed by atoms with van der Waals surface area (Å²) < 4.78 is 1.89. The van der Waals surface area contributed by atoms with Gasteiger partial charge >= 0.3 is 0 Å². The molecule has 1 heterocycles. The maximum Gasteiger partial charge on any atom is 0.0815 e. The highest BCUT2D eigenvalue weighted by Crippen LogP contribution is 2.18. The molecule has 1 aromatic heterocycles. The number of benzene rings is 1. The van der Waals surface area contributed by atoms with E-state index in [0.717, 1.165) is 36.3 Å². The van der Waals surface area contributed by atoms with Crippen LogP contribution in [0.5, 0.6) is 0 Å². The summed E-state index contributed by atoms with van der Waals surface area (Å²) in [5.41, 5.74) is 3.52. The van der Waals surface area contributed by atoms with Gasteiger partial charge in [0.2, 0.25) is 0 Å². The Morgan fingerprint density at radius 3 is 2.55 bits per heavy atom. The van der Waals surface area contributed by atoms with Gasteiger partial charge in [-0.05, 0) is 43.9 Å². The average Bonchev–Trinajstić information content (AvgIpc) is 3.19. The van der Waals surface area contributed by atoms with Crippen LogP contribution in [-0.2, 0) is 13.0 Å². The highest BCUT2D eigenvalue weighted by atomic mass is 35.5. The fraction of sp³-hybridized carbons (Fsp3) is 0.438. The highest BCUT2D eigenvalue weighted by Gasteiger charge is 2.19. The summed E-state index contributed by atoms with van der Waals surface area (Å²) in [5.74, 6) is 0. The monoisotopic (exact) mass is 289 g/mol. The normalized spacial score (nSPS) is 14.7. The van der Waals surface area contributed by atoms with Crippen molar-refractivity contribution in [2.45, 2.75) is 38.8 Å². The fourth-order valence-corrected chi connectivity index (χ4v) is 2.43. The van der Waals surface area contributed by atoms with Gasteiger partial charge in [0.15, 0.2) is 0 Å². The number of aromatic nitrogens is 2. The van der Waals surface area contributed by atoms with Crippen LogP contribution in [-0.4, -0.2) is 22.4 Å². The van der Waals surface area contributed by atoms with Gasteiger partial charge in [0, 0.05) is 12.2 Å². The number of halogens is 1. The maximum atomic E-state index is 6.02. The van der Waals surface area contributed by atoms with Crippen molar-refractivity contribution in [1.82, 2.24) is 15.1 Å². The molecule has 2 aromatic rings. The molecule has 3 nitrogen and oxygen atoms in total. The van der Waals surface area contributed by atoms with Gasteiger partial charge in [-0.3, -0.25) is 4.68 Å². The summed E-state index contributed by atoms with van der Waals surface area (Å²) in [6, 6.07) is 9.57. The van der Waals surface area contributed by atoms with E-state index < -0.39 is 0 Å². The van der Waals surface area contributed by atoms with Crippen LogP contribution in [0.3, 0.4) is 0 Å². The second kappa shape index (κ2) is 5.98. The van der Waals surface area contributed by atoms with Crippen molar-refractivity contribution in [3.63, 3.8) is 0 Å². The van der Waals surface area contributed by atoms with E-state index in [4.69, 9.17) is 11.6 Å². The molecule has 0 amide bonds. The number of aryl methyl sites for hydroxylation is 1. The first kappa shape index (κ1) is 13.7. The van der Waals surface area contributed by atoms with Crippen LogP contribution in [0.25, 0.3) is 0 Å². The van der Waals surface area contributed by atoms with Crippen molar-refractivity contribution in [3.8, 4) is 0 Å². The molecule has 1 aliphatic carbocycles. The smallest absolute Gasteiger partial charge is 0.0815 e. The summed E-state index contributed by atoms with van der Waals surface area (Å²) in [6.07, 6.45) is 5.68. The zero-order valence-electron chi connectivity index (χ0n) is 11.8. The molecule has 1 aliphatic rings. The maximum absolute atomic E-state index is 6.02. The number of nitrogens with zero attached hydrogens (tertiary/aromatic N) is 2. The third kappa shape index (κ3) is 3.62. The number of hydrogen-bond donors (Lipinski definition) is 1. The van der Waals surface area contributed by atoms with Gasteiger partial charge in [0.05, 0.1) is 17.3 Å². The molecule has 106 valence electrons. The third-order valence-electron chi connectivity index (χ3n) is 3.68. The standard InChI is InChI=1S/C16H20ClN3/c1-12-16(17)11-20(19-12)10-14-4-2-13(3-5-14)8-9-18-15-6-7-15/h2-5,11,15,18H,6-10H2,1H3. The molecule has 0 spiro atoms. The molecule has 1 N–H and O–H groups in total. The topological polar surface area (TPSA) is 29.9 Å². The Kier molecular flexibility index (Phi) is 4.08. The quantitative estimate of drug-likeness (QED) is 0.885. The van der Waals surface area contributed by atoms with Gasteiger partial charge in [-0.1, -0.05) is 35.9 Å². The van der Waals surface area contributed by atoms with Crippen molar-refractivity contribution in [1.29, 1.82) is 0 Å². The molecule has 1 aromatic carbocycles. The van der Waals surface area contributed by atoms with Crippen LogP contribution in [0.15, 0.2) is 30.5 Å². The minimum Gasteiger partial charge on any atom is -0.314 e. The summed E-state index contributed by atoms with van der Waals surface area (Å²) >= 11 is 6.02. The van der Waals surface area contributed by atoms with Crippen molar-refractivity contribution in [2.24, 2.45) is 0 Å². The Hall–Kier alpha value is -1.32. The van der Waals surface area contributed by atoms with Gasteiger partial charge in [-0.15, -0.1) is 0 Å². The summed E-state index contributed by atoms with van der Waals surface area (Å²) in [7, 11) is 0. The fourth-order valence-electron chi connectivity index (χ4n) is 2.28. The van der Waals surface area contributed by atoms with Crippen LogP contribution in [0.1, 0.15) is 29.7 Å². The van der Waals surface area contributed by atoms with E-state index in [0.29, 0.717) is 0 Å². The minimum absolute atomic E-state index is 0.729. The summed E-state index contributed by atoms with van der Waals surface area (Å²) in [4.78, 5) is 0. The van der Waals surface area contributed by atoms with E-state index in [2.05, 4.69) is 34.7 Å². The number of hydrogen-bond acceptors (Lipinski definition) is 2. The lowest BCUT2D eigenvalue weighted by molar-refractivity contribution is 0.675. The molecule has 0 radical (unpaired) electrons. The van der Waals surface area contributed by atoms with Crippen LogP contribution in [0.4, 0.5) is 0 Å². The lowest BCUT2D eigenvalue weighted by Crippen LogP contribution is -2.19. The average molecular weight is 290 g/mol. The van der Waals surface area contributed by atoms with E-state index in [9.17, 15) is 0 Å². The van der Waals surface area contributed by atoms with E-state index in [1.165, 1.54) is 24.0 Å². The molecule has 20 heavy (non-hydrogen) atoms. The molecule has 0 saturated heterocycles. The first-order valence-corrected chi connectivity index (χ1v) is 7.59. The Bertz CT molecular complexity index is 550. The van der Waals surface area contributed by atoms with Gasteiger partial charge < -0.3 is 5.32 Å². The molecule has 0 unspecified atom stereocenters. The molecule has 0 aliphatic heterocycles. The Labute approximate surface area is 124 Å². The summed E-state index contributed by atoms with van der Waals surface area (Å²) in [6.45, 7) is 3.78. The highest BCUT2D eigenvalue weighted by molar-refractivity contribution is 6.31. The van der Waals surface area contributed by atoms with Crippen molar-refractivity contribution in [2.75, 3.05) is 6.54 Å². The Morgan fingerprint density at radius 1 is 1.25 bits per heavy atom. The van der Waals surface area contributed by atoms with Crippen molar-refractivity contribution < 1.29 is 0 Å². The van der Waals surface area contributed by atoms with Gasteiger partial charge in [0.1, 0.15) is 0 Å². The molecule has 0 atom stereocenters. The summed E-state index contributed by atoms with van der Waals surface area (Å²) in [5, 5.41) is 8.65. The Balaban J connectivity index is 1.54. The number of rotatable bonds is 6. The van der Waals surface area contributed by atoms with E-state index in [1.54, 1.807) is 0 Å². The molecule has 4 heteroatoms. The number of nitrogens with one attached hydrogen (secondary N) is 1. The van der Waals surface area contributed by atoms with E-state index >= 15 is 0 Å². The largest absolute Gasteiger partial charge is 0.314 e. The third-order valence-corrected chi connectivity index (χ3v) is 4.05. The molecule has 0 bridgehead atoms. The van der Waals surface area contributed by atoms with Gasteiger partial charge in [-0.2, -0.15) is 5.10 Å².